The highest BCUT2D eigenvalue weighted by Gasteiger charge is 2.27. The predicted octanol–water partition coefficient (Wildman–Crippen LogP) is 3.29. The van der Waals surface area contributed by atoms with E-state index in [0.717, 1.165) is 63.1 Å². The second-order valence-electron chi connectivity index (χ2n) is 5.88. The molecule has 0 radical (unpaired) electrons. The highest BCUT2D eigenvalue weighted by molar-refractivity contribution is 5.39. The Balaban J connectivity index is 1.93. The van der Waals surface area contributed by atoms with Gasteiger partial charge in [0.05, 0.1) is 6.61 Å². The van der Waals surface area contributed by atoms with Crippen molar-refractivity contribution in [1.29, 1.82) is 0 Å². The van der Waals surface area contributed by atoms with Crippen LogP contribution in [0.5, 0.6) is 5.88 Å². The van der Waals surface area contributed by atoms with Gasteiger partial charge >= 0.3 is 0 Å². The van der Waals surface area contributed by atoms with Crippen molar-refractivity contribution < 1.29 is 4.74 Å². The zero-order valence-electron chi connectivity index (χ0n) is 14.3. The van der Waals surface area contributed by atoms with Gasteiger partial charge in [0, 0.05) is 25.1 Å². The van der Waals surface area contributed by atoms with Gasteiger partial charge in [0.25, 0.3) is 0 Å². The Morgan fingerprint density at radius 2 is 2.00 bits per heavy atom. The van der Waals surface area contributed by atoms with Gasteiger partial charge in [-0.2, -0.15) is 4.98 Å². The van der Waals surface area contributed by atoms with Gasteiger partial charge in [-0.05, 0) is 32.4 Å². The van der Waals surface area contributed by atoms with Crippen LogP contribution in [0.1, 0.15) is 58.2 Å². The van der Waals surface area contributed by atoms with Gasteiger partial charge in [-0.3, -0.25) is 0 Å². The maximum atomic E-state index is 5.77. The third kappa shape index (κ3) is 5.44. The molecule has 0 unspecified atom stereocenters. The molecule has 2 rings (SSSR count). The Labute approximate surface area is 134 Å². The number of hydrogen-bond acceptors (Lipinski definition) is 5. The van der Waals surface area contributed by atoms with E-state index < -0.39 is 0 Å². The van der Waals surface area contributed by atoms with Crippen molar-refractivity contribution >= 4 is 5.82 Å². The highest BCUT2D eigenvalue weighted by Crippen LogP contribution is 2.39. The Morgan fingerprint density at radius 3 is 2.64 bits per heavy atom. The molecule has 5 heteroatoms. The average Bonchev–Trinajstić information content (AvgIpc) is 3.37. The van der Waals surface area contributed by atoms with Crippen molar-refractivity contribution in [2.45, 2.75) is 52.4 Å². The van der Waals surface area contributed by atoms with Gasteiger partial charge in [0.15, 0.2) is 0 Å². The summed E-state index contributed by atoms with van der Waals surface area (Å²) in [5.74, 6) is 3.10. The highest BCUT2D eigenvalue weighted by atomic mass is 16.5. The van der Waals surface area contributed by atoms with Crippen molar-refractivity contribution in [2.75, 3.05) is 38.1 Å². The largest absolute Gasteiger partial charge is 0.478 e. The van der Waals surface area contributed by atoms with Crippen LogP contribution in [-0.2, 0) is 0 Å². The van der Waals surface area contributed by atoms with Crippen molar-refractivity contribution in [1.82, 2.24) is 14.9 Å². The summed E-state index contributed by atoms with van der Waals surface area (Å²) in [6.45, 7) is 11.4. The second-order valence-corrected chi connectivity index (χ2v) is 5.88. The van der Waals surface area contributed by atoms with E-state index in [1.54, 1.807) is 0 Å². The normalized spacial score (nSPS) is 14.4. The fraction of sp³-hybridized carbons (Fsp3) is 0.765. The number of nitrogens with zero attached hydrogens (tertiary/aromatic N) is 3. The van der Waals surface area contributed by atoms with Crippen LogP contribution in [0.15, 0.2) is 6.07 Å². The van der Waals surface area contributed by atoms with E-state index >= 15 is 0 Å². The molecule has 0 spiro atoms. The van der Waals surface area contributed by atoms with E-state index in [-0.39, 0.29) is 0 Å². The molecule has 0 atom stereocenters. The number of anilines is 1. The van der Waals surface area contributed by atoms with Crippen LogP contribution >= 0.6 is 0 Å². The molecule has 0 bridgehead atoms. The second kappa shape index (κ2) is 8.93. The number of likely N-dealkylation sites (N-methyl/N-ethyl adjacent to an activating group) is 1. The molecule has 0 amide bonds. The maximum Gasteiger partial charge on any atom is 0.218 e. The zero-order chi connectivity index (χ0) is 15.8. The summed E-state index contributed by atoms with van der Waals surface area (Å²) in [6, 6.07) is 1.93. The minimum Gasteiger partial charge on any atom is -0.478 e. The van der Waals surface area contributed by atoms with E-state index in [0.29, 0.717) is 5.92 Å². The van der Waals surface area contributed by atoms with E-state index in [1.165, 1.54) is 12.8 Å². The van der Waals surface area contributed by atoms with Crippen molar-refractivity contribution in [3.8, 4) is 5.88 Å². The smallest absolute Gasteiger partial charge is 0.218 e. The first-order chi connectivity index (χ1) is 10.8. The van der Waals surface area contributed by atoms with Crippen molar-refractivity contribution in [3.63, 3.8) is 0 Å². The van der Waals surface area contributed by atoms with Crippen molar-refractivity contribution in [3.05, 3.63) is 11.9 Å². The topological polar surface area (TPSA) is 50.3 Å². The van der Waals surface area contributed by atoms with Crippen LogP contribution in [0.4, 0.5) is 5.82 Å². The minimum absolute atomic E-state index is 0.540. The lowest BCUT2D eigenvalue weighted by Gasteiger charge is -2.18. The molecule has 1 saturated carbocycles. The quantitative estimate of drug-likeness (QED) is 0.636. The van der Waals surface area contributed by atoms with Gasteiger partial charge < -0.3 is 15.0 Å². The summed E-state index contributed by atoms with van der Waals surface area (Å²) < 4.78 is 5.77. The molecule has 1 fully saturated rings. The molecular formula is C17H30N4O. The number of ether oxygens (including phenoxy) is 1. The van der Waals surface area contributed by atoms with Gasteiger partial charge in [0.1, 0.15) is 11.6 Å². The molecule has 1 aliphatic carbocycles. The summed E-state index contributed by atoms with van der Waals surface area (Å²) in [7, 11) is 0. The van der Waals surface area contributed by atoms with Crippen LogP contribution in [0.2, 0.25) is 0 Å². The lowest BCUT2D eigenvalue weighted by atomic mass is 10.3. The SMILES string of the molecule is CCCCOc1cc(NCCN(CC)CC)nc(C2CC2)n1. The first kappa shape index (κ1) is 17.0. The standard InChI is InChI=1S/C17H30N4O/c1-4-7-12-22-16-13-15(18-10-11-21(5-2)6-3)19-17(20-16)14-8-9-14/h13-14H,4-12H2,1-3H3,(H,18,19,20). The average molecular weight is 306 g/mol. The summed E-state index contributed by atoms with van der Waals surface area (Å²) in [5.41, 5.74) is 0. The van der Waals surface area contributed by atoms with Gasteiger partial charge in [-0.25, -0.2) is 4.98 Å². The van der Waals surface area contributed by atoms with Gasteiger partial charge in [0.2, 0.25) is 5.88 Å². The predicted molar refractivity (Wildman–Crippen MR) is 90.7 cm³/mol. The molecule has 0 aromatic carbocycles. The summed E-state index contributed by atoms with van der Waals surface area (Å²) >= 11 is 0. The van der Waals surface area contributed by atoms with Crippen LogP contribution in [0.3, 0.4) is 0 Å². The number of hydrogen-bond donors (Lipinski definition) is 1. The molecular weight excluding hydrogens is 276 g/mol. The third-order valence-corrected chi connectivity index (χ3v) is 4.04. The molecule has 124 valence electrons. The minimum atomic E-state index is 0.540. The molecule has 1 aromatic rings. The van der Waals surface area contributed by atoms with E-state index in [9.17, 15) is 0 Å². The molecule has 0 aliphatic heterocycles. The molecule has 1 aromatic heterocycles. The van der Waals surface area contributed by atoms with E-state index in [4.69, 9.17) is 4.74 Å². The fourth-order valence-corrected chi connectivity index (χ4v) is 2.33. The van der Waals surface area contributed by atoms with Crippen molar-refractivity contribution in [2.24, 2.45) is 0 Å². The van der Waals surface area contributed by atoms with Gasteiger partial charge in [-0.15, -0.1) is 0 Å². The number of unbranched alkanes of at least 4 members (excludes halogenated alkanes) is 1. The fourth-order valence-electron chi connectivity index (χ4n) is 2.33. The summed E-state index contributed by atoms with van der Waals surface area (Å²) in [6.07, 6.45) is 4.61. The number of nitrogens with one attached hydrogen (secondary N) is 1. The maximum absolute atomic E-state index is 5.77. The Hall–Kier alpha value is -1.36. The Morgan fingerprint density at radius 1 is 1.23 bits per heavy atom. The lowest BCUT2D eigenvalue weighted by Crippen LogP contribution is -2.28. The molecule has 0 saturated heterocycles. The van der Waals surface area contributed by atoms with Crippen LogP contribution in [0.25, 0.3) is 0 Å². The monoisotopic (exact) mass is 306 g/mol. The third-order valence-electron chi connectivity index (χ3n) is 4.04. The van der Waals surface area contributed by atoms with E-state index in [1.807, 2.05) is 6.07 Å². The molecule has 22 heavy (non-hydrogen) atoms. The molecule has 5 nitrogen and oxygen atoms in total. The molecule has 1 aliphatic rings. The number of aromatic nitrogens is 2. The Kier molecular flexibility index (Phi) is 6.90. The van der Waals surface area contributed by atoms with Crippen LogP contribution in [0, 0.1) is 0 Å². The van der Waals surface area contributed by atoms with Crippen LogP contribution in [-0.4, -0.2) is 47.7 Å². The molecule has 1 N–H and O–H groups in total. The van der Waals surface area contributed by atoms with E-state index in [2.05, 4.69) is 41.0 Å². The van der Waals surface area contributed by atoms with Crippen LogP contribution < -0.4 is 10.1 Å². The summed E-state index contributed by atoms with van der Waals surface area (Å²) in [4.78, 5) is 11.6. The number of rotatable bonds is 11. The zero-order valence-corrected chi connectivity index (χ0v) is 14.3. The first-order valence-corrected chi connectivity index (χ1v) is 8.74. The summed E-state index contributed by atoms with van der Waals surface area (Å²) in [5, 5.41) is 3.42. The lowest BCUT2D eigenvalue weighted by molar-refractivity contribution is 0.296. The molecule has 1 heterocycles. The Bertz CT molecular complexity index is 444. The first-order valence-electron chi connectivity index (χ1n) is 8.74. The van der Waals surface area contributed by atoms with Gasteiger partial charge in [-0.1, -0.05) is 27.2 Å².